The summed E-state index contributed by atoms with van der Waals surface area (Å²) < 4.78 is 40.7. The van der Waals surface area contributed by atoms with Crippen LogP contribution >= 0.6 is 0 Å². The summed E-state index contributed by atoms with van der Waals surface area (Å²) >= 11 is 0. The Morgan fingerprint density at radius 2 is 1.73 bits per heavy atom. The fraction of sp³-hybridized carbons (Fsp3) is 0.400. The van der Waals surface area contributed by atoms with Gasteiger partial charge in [-0.15, -0.1) is 5.06 Å². The van der Waals surface area contributed by atoms with Gasteiger partial charge in [0, 0.05) is 17.2 Å². The Kier molecular flexibility index (Phi) is 7.79. The molecular weight excluding hydrogens is 523 g/mol. The van der Waals surface area contributed by atoms with Crippen molar-refractivity contribution < 1.29 is 32.4 Å². The van der Waals surface area contributed by atoms with Gasteiger partial charge in [0.2, 0.25) is 0 Å². The average molecular weight is 554 g/mol. The Labute approximate surface area is 230 Å². The Balaban J connectivity index is 1.92. The maximum atomic E-state index is 14.0. The van der Waals surface area contributed by atoms with Crippen molar-refractivity contribution in [3.05, 3.63) is 76.5 Å². The van der Waals surface area contributed by atoms with E-state index in [4.69, 9.17) is 4.84 Å². The van der Waals surface area contributed by atoms with Gasteiger partial charge in [0.1, 0.15) is 6.04 Å². The van der Waals surface area contributed by atoms with E-state index in [1.807, 2.05) is 26.8 Å². The lowest BCUT2D eigenvalue weighted by Gasteiger charge is -2.42. The molecule has 0 aromatic heterocycles. The van der Waals surface area contributed by atoms with Crippen LogP contribution in [0.25, 0.3) is 0 Å². The molecule has 0 saturated heterocycles. The van der Waals surface area contributed by atoms with E-state index in [1.165, 1.54) is 31.2 Å². The Hall–Kier alpha value is -4.13. The van der Waals surface area contributed by atoms with Crippen LogP contribution in [0, 0.1) is 22.7 Å². The topological polar surface area (TPSA) is 90.7 Å². The van der Waals surface area contributed by atoms with Gasteiger partial charge in [-0.3, -0.25) is 9.69 Å². The second-order valence-electron chi connectivity index (χ2n) is 11.3. The maximum absolute atomic E-state index is 14.0. The number of hydrogen-bond donors (Lipinski definition) is 0. The molecule has 2 aliphatic rings. The first kappa shape index (κ1) is 28.9. The Morgan fingerprint density at radius 1 is 1.07 bits per heavy atom. The third-order valence-electron chi connectivity index (χ3n) is 7.02. The molecule has 2 aromatic carbocycles. The van der Waals surface area contributed by atoms with Crippen LogP contribution in [0.4, 0.5) is 23.7 Å². The number of Topliss-reactive ketones (excluding diaryl/α,β-unsaturated/α-hetero) is 1. The van der Waals surface area contributed by atoms with Crippen LogP contribution in [0.3, 0.4) is 0 Å². The molecule has 1 aliphatic carbocycles. The lowest BCUT2D eigenvalue weighted by molar-refractivity contribution is -0.185. The number of carbonyl (C=O) groups is 3. The molecule has 2 aromatic rings. The number of benzene rings is 2. The minimum Gasteiger partial charge on any atom is -0.336 e. The van der Waals surface area contributed by atoms with Gasteiger partial charge in [0.25, 0.3) is 0 Å². The molecule has 0 radical (unpaired) electrons. The van der Waals surface area contributed by atoms with Gasteiger partial charge in [-0.05, 0) is 61.1 Å². The van der Waals surface area contributed by atoms with Crippen molar-refractivity contribution in [2.75, 3.05) is 4.90 Å². The largest absolute Gasteiger partial charge is 0.416 e. The minimum atomic E-state index is -4.67. The van der Waals surface area contributed by atoms with Crippen LogP contribution in [-0.4, -0.2) is 22.8 Å². The van der Waals surface area contributed by atoms with E-state index < -0.39 is 35.2 Å². The molecule has 40 heavy (non-hydrogen) atoms. The van der Waals surface area contributed by atoms with Crippen LogP contribution in [-0.2, 0) is 20.6 Å². The summed E-state index contributed by atoms with van der Waals surface area (Å²) in [6.07, 6.45) is -2.60. The molecule has 1 aliphatic heterocycles. The Morgan fingerprint density at radius 3 is 2.25 bits per heavy atom. The fourth-order valence-corrected chi connectivity index (χ4v) is 4.83. The maximum Gasteiger partial charge on any atom is 0.416 e. The van der Waals surface area contributed by atoms with Crippen molar-refractivity contribution in [1.82, 2.24) is 5.06 Å². The summed E-state index contributed by atoms with van der Waals surface area (Å²) in [4.78, 5) is 47.5. The normalized spacial score (nSPS) is 18.4. The van der Waals surface area contributed by atoms with E-state index in [1.54, 1.807) is 12.1 Å². The van der Waals surface area contributed by atoms with E-state index in [9.17, 15) is 32.8 Å². The first-order valence-corrected chi connectivity index (χ1v) is 13.0. The molecule has 210 valence electrons. The van der Waals surface area contributed by atoms with Crippen molar-refractivity contribution in [2.24, 2.45) is 11.3 Å². The first-order valence-electron chi connectivity index (χ1n) is 13.0. The molecule has 1 unspecified atom stereocenters. The highest BCUT2D eigenvalue weighted by atomic mass is 19.4. The molecular formula is C30H30F3N3O4. The number of allylic oxidation sites excluding steroid dienone is 1. The standard InChI is InChI=1S/C30H30F3N3O4/c1-18-25(27(38)21-7-5-8-21)26(20-13-11-19(17-34)12-14-20)36(40-24(37)16-29(2,3)4)28(39)35(18)23-10-6-9-22(15-23)30(31,32)33/h6,9-15,21,26H,5,7-8,16H2,1-4H3. The van der Waals surface area contributed by atoms with Gasteiger partial charge in [0.05, 0.1) is 29.3 Å². The fourth-order valence-electron chi connectivity index (χ4n) is 4.83. The smallest absolute Gasteiger partial charge is 0.336 e. The molecule has 4 rings (SSSR count). The van der Waals surface area contributed by atoms with Gasteiger partial charge in [0.15, 0.2) is 5.78 Å². The molecule has 10 heteroatoms. The lowest BCUT2D eigenvalue weighted by Crippen LogP contribution is -2.52. The van der Waals surface area contributed by atoms with Crippen LogP contribution in [0.5, 0.6) is 0 Å². The zero-order valence-corrected chi connectivity index (χ0v) is 22.7. The second-order valence-corrected chi connectivity index (χ2v) is 11.3. The van der Waals surface area contributed by atoms with E-state index in [0.717, 1.165) is 28.5 Å². The quantitative estimate of drug-likeness (QED) is 0.381. The third-order valence-corrected chi connectivity index (χ3v) is 7.02. The number of halogens is 3. The van der Waals surface area contributed by atoms with Crippen molar-refractivity contribution in [2.45, 2.75) is 65.6 Å². The van der Waals surface area contributed by atoms with Gasteiger partial charge in [-0.25, -0.2) is 9.59 Å². The summed E-state index contributed by atoms with van der Waals surface area (Å²) in [5.41, 5.74) is -0.512. The highest BCUT2D eigenvalue weighted by Crippen LogP contribution is 2.44. The molecule has 7 nitrogen and oxygen atoms in total. The molecule has 1 saturated carbocycles. The predicted molar refractivity (Wildman–Crippen MR) is 140 cm³/mol. The average Bonchev–Trinajstić information content (AvgIpc) is 2.83. The molecule has 1 heterocycles. The highest BCUT2D eigenvalue weighted by Gasteiger charge is 2.47. The molecule has 1 fully saturated rings. The zero-order valence-electron chi connectivity index (χ0n) is 22.7. The van der Waals surface area contributed by atoms with Crippen LogP contribution in [0.1, 0.15) is 76.1 Å². The molecule has 0 N–H and O–H groups in total. The number of hydroxylamine groups is 2. The van der Waals surface area contributed by atoms with Crippen LogP contribution in [0.15, 0.2) is 59.8 Å². The number of nitriles is 1. The summed E-state index contributed by atoms with van der Waals surface area (Å²) in [5.74, 6) is -1.33. The van der Waals surface area contributed by atoms with Gasteiger partial charge in [-0.1, -0.05) is 45.4 Å². The number of hydrogen-bond acceptors (Lipinski definition) is 5. The Bertz CT molecular complexity index is 1400. The summed E-state index contributed by atoms with van der Waals surface area (Å²) in [6, 6.07) is 10.4. The number of nitrogens with zero attached hydrogens (tertiary/aromatic N) is 3. The summed E-state index contributed by atoms with van der Waals surface area (Å²) in [5, 5.41) is 10.0. The van der Waals surface area contributed by atoms with Crippen molar-refractivity contribution in [3.8, 4) is 6.07 Å². The number of ketones is 1. The van der Waals surface area contributed by atoms with Crippen molar-refractivity contribution >= 4 is 23.5 Å². The van der Waals surface area contributed by atoms with Gasteiger partial charge in [-0.2, -0.15) is 18.4 Å². The number of carbonyl (C=O) groups excluding carboxylic acids is 3. The summed E-state index contributed by atoms with van der Waals surface area (Å²) in [6.45, 7) is 6.95. The lowest BCUT2D eigenvalue weighted by atomic mass is 9.76. The van der Waals surface area contributed by atoms with Crippen LogP contribution < -0.4 is 4.90 Å². The summed E-state index contributed by atoms with van der Waals surface area (Å²) in [7, 11) is 0. The van der Waals surface area contributed by atoms with Crippen molar-refractivity contribution in [3.63, 3.8) is 0 Å². The molecule has 0 spiro atoms. The predicted octanol–water partition coefficient (Wildman–Crippen LogP) is 7.10. The minimum absolute atomic E-state index is 0.0605. The number of amides is 2. The highest BCUT2D eigenvalue weighted by molar-refractivity contribution is 6.06. The number of urea groups is 1. The monoisotopic (exact) mass is 553 g/mol. The van der Waals surface area contributed by atoms with Gasteiger partial charge >= 0.3 is 18.2 Å². The zero-order chi connectivity index (χ0) is 29.4. The van der Waals surface area contributed by atoms with E-state index >= 15 is 0 Å². The van der Waals surface area contributed by atoms with Crippen LogP contribution in [0.2, 0.25) is 0 Å². The second kappa shape index (κ2) is 10.8. The van der Waals surface area contributed by atoms with Gasteiger partial charge < -0.3 is 4.84 Å². The SMILES string of the molecule is CC1=C(C(=O)C2CCC2)C(c2ccc(C#N)cc2)N(OC(=O)CC(C)(C)C)C(=O)N1c1cccc(C(F)(F)F)c1. The molecule has 0 bridgehead atoms. The van der Waals surface area contributed by atoms with E-state index in [-0.39, 0.29) is 35.1 Å². The van der Waals surface area contributed by atoms with E-state index in [0.29, 0.717) is 24.0 Å². The molecule has 1 atom stereocenters. The number of anilines is 1. The van der Waals surface area contributed by atoms with E-state index in [2.05, 4.69) is 0 Å². The first-order chi connectivity index (χ1) is 18.7. The number of alkyl halides is 3. The third kappa shape index (κ3) is 5.88. The van der Waals surface area contributed by atoms with Crippen molar-refractivity contribution in [1.29, 1.82) is 5.26 Å². The molecule has 2 amide bonds. The number of rotatable bonds is 6.